The summed E-state index contributed by atoms with van der Waals surface area (Å²) in [4.78, 5) is 25.7. The summed E-state index contributed by atoms with van der Waals surface area (Å²) < 4.78 is 63.5. The smallest absolute Gasteiger partial charge is 0.475 e. The van der Waals surface area contributed by atoms with Gasteiger partial charge >= 0.3 is 24.3 Å². The van der Waals surface area contributed by atoms with Crippen molar-refractivity contribution in [2.24, 2.45) is 0 Å². The van der Waals surface area contributed by atoms with Crippen molar-refractivity contribution in [2.45, 2.75) is 57.9 Å². The SMILES string of the molecule is Cc1ccc(N2CCN(CCN3CCCCCC3)C(C)C2)cc1.O=C(O)C(F)(F)F.O=C(O)C(F)(F)F. The average molecular weight is 544 g/mol. The zero-order valence-electron chi connectivity index (χ0n) is 21.0. The van der Waals surface area contributed by atoms with E-state index in [2.05, 4.69) is 52.8 Å². The van der Waals surface area contributed by atoms with Crippen LogP contribution in [-0.4, -0.2) is 96.2 Å². The Labute approximate surface area is 212 Å². The van der Waals surface area contributed by atoms with E-state index in [0.29, 0.717) is 6.04 Å². The molecule has 212 valence electrons. The fourth-order valence-electron chi connectivity index (χ4n) is 3.95. The second-order valence-corrected chi connectivity index (χ2v) is 9.03. The second-order valence-electron chi connectivity index (χ2n) is 9.03. The summed E-state index contributed by atoms with van der Waals surface area (Å²) in [5.74, 6) is -5.51. The molecule has 1 unspecified atom stereocenters. The van der Waals surface area contributed by atoms with Gasteiger partial charge in [-0.3, -0.25) is 4.90 Å². The Hall–Kier alpha value is -2.54. The number of carboxylic acids is 2. The number of nitrogens with zero attached hydrogens (tertiary/aromatic N) is 3. The number of alkyl halides is 6. The standard InChI is InChI=1S/C20H33N3.2C2HF3O2/c1-18-7-9-20(10-8-18)23-16-15-22(19(2)17-23)14-13-21-11-5-3-4-6-12-21;2*3-2(4,5)1(6)7/h7-10,19H,3-6,11-17H2,1-2H3;2*(H,6,7). The highest BCUT2D eigenvalue weighted by Crippen LogP contribution is 2.20. The zero-order valence-corrected chi connectivity index (χ0v) is 21.0. The Bertz CT molecular complexity index is 801. The van der Waals surface area contributed by atoms with Crippen LogP contribution in [0, 0.1) is 6.92 Å². The van der Waals surface area contributed by atoms with E-state index in [9.17, 15) is 26.3 Å². The van der Waals surface area contributed by atoms with Crippen LogP contribution in [0.15, 0.2) is 24.3 Å². The predicted molar refractivity (Wildman–Crippen MR) is 127 cm³/mol. The number of carbonyl (C=O) groups is 2. The first-order valence-corrected chi connectivity index (χ1v) is 12.0. The number of carboxylic acid groups (broad SMARTS) is 2. The van der Waals surface area contributed by atoms with E-state index in [0.717, 1.165) is 13.1 Å². The highest BCUT2D eigenvalue weighted by atomic mass is 19.4. The van der Waals surface area contributed by atoms with Crippen LogP contribution in [0.2, 0.25) is 0 Å². The maximum Gasteiger partial charge on any atom is 0.490 e. The first-order valence-electron chi connectivity index (χ1n) is 12.0. The minimum atomic E-state index is -5.08. The van der Waals surface area contributed by atoms with Crippen LogP contribution in [0.1, 0.15) is 38.2 Å². The molecule has 7 nitrogen and oxygen atoms in total. The molecule has 2 fully saturated rings. The summed E-state index contributed by atoms with van der Waals surface area (Å²) in [6.07, 6.45) is -4.50. The molecule has 1 aromatic rings. The fourth-order valence-corrected chi connectivity index (χ4v) is 3.95. The van der Waals surface area contributed by atoms with Crippen molar-refractivity contribution in [3.8, 4) is 0 Å². The number of rotatable bonds is 4. The third kappa shape index (κ3) is 13.0. The van der Waals surface area contributed by atoms with E-state index in [1.165, 1.54) is 69.7 Å². The lowest BCUT2D eigenvalue weighted by atomic mass is 10.1. The van der Waals surface area contributed by atoms with E-state index >= 15 is 0 Å². The van der Waals surface area contributed by atoms with Crippen molar-refractivity contribution in [2.75, 3.05) is 50.7 Å². The molecule has 2 heterocycles. The highest BCUT2D eigenvalue weighted by Gasteiger charge is 2.38. The Kier molecular flexibility index (Phi) is 13.2. The van der Waals surface area contributed by atoms with Gasteiger partial charge in [0.15, 0.2) is 0 Å². The van der Waals surface area contributed by atoms with E-state index in [1.54, 1.807) is 0 Å². The Morgan fingerprint density at radius 1 is 0.811 bits per heavy atom. The van der Waals surface area contributed by atoms with Crippen LogP contribution in [0.4, 0.5) is 32.0 Å². The average Bonchev–Trinajstić information content (AvgIpc) is 3.07. The number of anilines is 1. The van der Waals surface area contributed by atoms with Gasteiger partial charge in [-0.1, -0.05) is 30.5 Å². The van der Waals surface area contributed by atoms with Crippen molar-refractivity contribution in [3.05, 3.63) is 29.8 Å². The van der Waals surface area contributed by atoms with E-state index in [4.69, 9.17) is 19.8 Å². The number of aryl methyl sites for hydroxylation is 1. The molecule has 13 heteroatoms. The minimum Gasteiger partial charge on any atom is -0.475 e. The monoisotopic (exact) mass is 543 g/mol. The van der Waals surface area contributed by atoms with Gasteiger partial charge in [0, 0.05) is 44.5 Å². The molecule has 0 spiro atoms. The van der Waals surface area contributed by atoms with Crippen molar-refractivity contribution >= 4 is 17.6 Å². The molecule has 0 radical (unpaired) electrons. The first kappa shape index (κ1) is 32.5. The molecule has 1 aromatic carbocycles. The van der Waals surface area contributed by atoms with Gasteiger partial charge < -0.3 is 20.0 Å². The summed E-state index contributed by atoms with van der Waals surface area (Å²) in [6.45, 7) is 13.2. The molecule has 2 aliphatic rings. The van der Waals surface area contributed by atoms with Gasteiger partial charge in [0.25, 0.3) is 0 Å². The maximum absolute atomic E-state index is 10.6. The molecule has 2 N–H and O–H groups in total. The van der Waals surface area contributed by atoms with Gasteiger partial charge in [0.05, 0.1) is 0 Å². The van der Waals surface area contributed by atoms with E-state index in [1.807, 2.05) is 0 Å². The summed E-state index contributed by atoms with van der Waals surface area (Å²) in [5.41, 5.74) is 2.73. The topological polar surface area (TPSA) is 84.3 Å². The third-order valence-electron chi connectivity index (χ3n) is 6.05. The second kappa shape index (κ2) is 15.0. The van der Waals surface area contributed by atoms with Gasteiger partial charge in [-0.05, 0) is 51.9 Å². The first-order chi connectivity index (χ1) is 17.1. The van der Waals surface area contributed by atoms with Crippen molar-refractivity contribution < 1.29 is 46.1 Å². The van der Waals surface area contributed by atoms with E-state index in [-0.39, 0.29) is 0 Å². The molecule has 0 aromatic heterocycles. The predicted octanol–water partition coefficient (Wildman–Crippen LogP) is 4.65. The van der Waals surface area contributed by atoms with Crippen LogP contribution in [0.5, 0.6) is 0 Å². The number of hydrogen-bond acceptors (Lipinski definition) is 5. The molecule has 37 heavy (non-hydrogen) atoms. The highest BCUT2D eigenvalue weighted by molar-refractivity contribution is 5.73. The fraction of sp³-hybridized carbons (Fsp3) is 0.667. The van der Waals surface area contributed by atoms with Crippen LogP contribution in [0.3, 0.4) is 0 Å². The van der Waals surface area contributed by atoms with E-state index < -0.39 is 24.3 Å². The minimum absolute atomic E-state index is 0.650. The van der Waals surface area contributed by atoms with Crippen molar-refractivity contribution in [1.82, 2.24) is 9.80 Å². The number of aliphatic carboxylic acids is 2. The molecular formula is C24H35F6N3O4. The Morgan fingerprint density at radius 3 is 1.68 bits per heavy atom. The molecule has 0 saturated carbocycles. The molecule has 2 aliphatic heterocycles. The van der Waals surface area contributed by atoms with Gasteiger partial charge in [0.2, 0.25) is 0 Å². The molecule has 1 atom stereocenters. The van der Waals surface area contributed by atoms with Crippen LogP contribution in [0.25, 0.3) is 0 Å². The van der Waals surface area contributed by atoms with Gasteiger partial charge in [-0.2, -0.15) is 26.3 Å². The maximum atomic E-state index is 10.6. The van der Waals surface area contributed by atoms with Crippen LogP contribution < -0.4 is 4.90 Å². The third-order valence-corrected chi connectivity index (χ3v) is 6.05. The van der Waals surface area contributed by atoms with Gasteiger partial charge in [-0.25, -0.2) is 9.59 Å². The quantitative estimate of drug-likeness (QED) is 0.535. The number of halogens is 6. The van der Waals surface area contributed by atoms with Gasteiger partial charge in [0.1, 0.15) is 0 Å². The number of hydrogen-bond donors (Lipinski definition) is 2. The lowest BCUT2D eigenvalue weighted by Gasteiger charge is -2.41. The summed E-state index contributed by atoms with van der Waals surface area (Å²) in [7, 11) is 0. The summed E-state index contributed by atoms with van der Waals surface area (Å²) >= 11 is 0. The zero-order chi connectivity index (χ0) is 28.2. The number of benzene rings is 1. The van der Waals surface area contributed by atoms with Crippen LogP contribution in [-0.2, 0) is 9.59 Å². The van der Waals surface area contributed by atoms with Crippen molar-refractivity contribution in [1.29, 1.82) is 0 Å². The lowest BCUT2D eigenvalue weighted by molar-refractivity contribution is -0.193. The molecule has 0 bridgehead atoms. The molecular weight excluding hydrogens is 508 g/mol. The number of likely N-dealkylation sites (tertiary alicyclic amines) is 1. The lowest BCUT2D eigenvalue weighted by Crippen LogP contribution is -2.53. The molecule has 0 aliphatic carbocycles. The molecule has 2 saturated heterocycles. The largest absolute Gasteiger partial charge is 0.490 e. The van der Waals surface area contributed by atoms with Crippen LogP contribution >= 0.6 is 0 Å². The molecule has 0 amide bonds. The number of piperazine rings is 1. The Balaban J connectivity index is 0.000000404. The van der Waals surface area contributed by atoms with Gasteiger partial charge in [-0.15, -0.1) is 0 Å². The summed E-state index contributed by atoms with van der Waals surface area (Å²) in [6, 6.07) is 9.65. The summed E-state index contributed by atoms with van der Waals surface area (Å²) in [5, 5.41) is 14.2. The van der Waals surface area contributed by atoms with Crippen molar-refractivity contribution in [3.63, 3.8) is 0 Å². The Morgan fingerprint density at radius 2 is 1.27 bits per heavy atom. The normalized spacial score (nSPS) is 19.6. The molecule has 3 rings (SSSR count).